The van der Waals surface area contributed by atoms with Crippen molar-refractivity contribution >= 4 is 5.97 Å². The molecule has 1 heterocycles. The summed E-state index contributed by atoms with van der Waals surface area (Å²) in [4.78, 5) is 13.2. The Labute approximate surface area is 91.4 Å². The summed E-state index contributed by atoms with van der Waals surface area (Å²) in [6, 6.07) is 0. The lowest BCUT2D eigenvalue weighted by atomic mass is 9.89. The molecule has 0 aliphatic carbocycles. The van der Waals surface area contributed by atoms with Crippen molar-refractivity contribution in [3.63, 3.8) is 0 Å². The molecule has 1 rings (SSSR count). The van der Waals surface area contributed by atoms with Gasteiger partial charge in [0, 0.05) is 13.1 Å². The molecule has 88 valence electrons. The third-order valence-corrected chi connectivity index (χ3v) is 3.25. The summed E-state index contributed by atoms with van der Waals surface area (Å²) in [6.07, 6.45) is 4.84. The van der Waals surface area contributed by atoms with Crippen molar-refractivity contribution in [2.75, 3.05) is 19.6 Å². The van der Waals surface area contributed by atoms with Crippen molar-refractivity contribution in [1.29, 1.82) is 0 Å². The van der Waals surface area contributed by atoms with Crippen molar-refractivity contribution in [3.8, 4) is 0 Å². The first-order chi connectivity index (χ1) is 7.08. The van der Waals surface area contributed by atoms with Crippen LogP contribution in [-0.2, 0) is 4.79 Å². The fraction of sp³-hybridized carbons (Fsp3) is 0.909. The van der Waals surface area contributed by atoms with Crippen LogP contribution >= 0.6 is 0 Å². The van der Waals surface area contributed by atoms with Crippen LogP contribution in [0.4, 0.5) is 0 Å². The molecule has 0 aromatic carbocycles. The molecule has 1 saturated heterocycles. The van der Waals surface area contributed by atoms with E-state index in [4.69, 9.17) is 10.8 Å². The fourth-order valence-electron chi connectivity index (χ4n) is 1.97. The number of unbranched alkanes of at least 4 members (excludes halogenated alkanes) is 2. The van der Waals surface area contributed by atoms with Gasteiger partial charge in [-0.2, -0.15) is 0 Å². The molecular weight excluding hydrogens is 192 g/mol. The predicted octanol–water partition coefficient (Wildman–Crippen LogP) is 1.05. The second-order valence-corrected chi connectivity index (χ2v) is 4.51. The van der Waals surface area contributed by atoms with Crippen LogP contribution in [0.3, 0.4) is 0 Å². The van der Waals surface area contributed by atoms with E-state index in [1.807, 2.05) is 0 Å². The average molecular weight is 214 g/mol. The van der Waals surface area contributed by atoms with Gasteiger partial charge in [-0.15, -0.1) is 0 Å². The molecule has 0 aromatic heterocycles. The number of carboxylic acid groups (broad SMARTS) is 1. The number of carboxylic acids is 1. The van der Waals surface area contributed by atoms with E-state index in [9.17, 15) is 4.79 Å². The topological polar surface area (TPSA) is 66.6 Å². The summed E-state index contributed by atoms with van der Waals surface area (Å²) in [5.41, 5.74) is 4.82. The maximum atomic E-state index is 10.9. The van der Waals surface area contributed by atoms with Crippen LogP contribution in [0.15, 0.2) is 0 Å². The summed E-state index contributed by atoms with van der Waals surface area (Å²) in [5.74, 6) is -0.851. The van der Waals surface area contributed by atoms with E-state index < -0.39 is 11.5 Å². The summed E-state index contributed by atoms with van der Waals surface area (Å²) in [5, 5.41) is 8.95. The molecule has 0 unspecified atom stereocenters. The zero-order chi connectivity index (χ0) is 11.3. The molecule has 1 aliphatic rings. The molecule has 0 saturated carbocycles. The van der Waals surface area contributed by atoms with E-state index in [0.29, 0.717) is 12.8 Å². The van der Waals surface area contributed by atoms with E-state index in [0.717, 1.165) is 19.6 Å². The number of carbonyl (C=O) groups is 1. The number of rotatable bonds is 5. The summed E-state index contributed by atoms with van der Waals surface area (Å²) < 4.78 is 0. The molecule has 1 fully saturated rings. The number of aliphatic carboxylic acids is 1. The minimum Gasteiger partial charge on any atom is -0.480 e. The van der Waals surface area contributed by atoms with E-state index in [1.165, 1.54) is 19.3 Å². The van der Waals surface area contributed by atoms with Crippen molar-refractivity contribution in [1.82, 2.24) is 4.90 Å². The maximum absolute atomic E-state index is 10.9. The maximum Gasteiger partial charge on any atom is 0.323 e. The van der Waals surface area contributed by atoms with Crippen LogP contribution in [0.5, 0.6) is 0 Å². The van der Waals surface area contributed by atoms with Gasteiger partial charge in [-0.25, -0.2) is 0 Å². The Morgan fingerprint density at radius 2 is 2.00 bits per heavy atom. The average Bonchev–Trinajstić information content (AvgIpc) is 2.21. The van der Waals surface area contributed by atoms with Crippen LogP contribution in [0, 0.1) is 0 Å². The Hall–Kier alpha value is -0.610. The van der Waals surface area contributed by atoms with Gasteiger partial charge in [0.15, 0.2) is 0 Å². The largest absolute Gasteiger partial charge is 0.480 e. The van der Waals surface area contributed by atoms with Crippen LogP contribution in [0.25, 0.3) is 0 Å². The number of nitrogens with two attached hydrogens (primary N) is 1. The quantitative estimate of drug-likeness (QED) is 0.671. The van der Waals surface area contributed by atoms with Crippen molar-refractivity contribution in [2.45, 2.75) is 44.6 Å². The highest BCUT2D eigenvalue weighted by molar-refractivity contribution is 5.78. The van der Waals surface area contributed by atoms with Gasteiger partial charge in [-0.1, -0.05) is 19.8 Å². The minimum absolute atomic E-state index is 0.578. The second kappa shape index (κ2) is 5.47. The van der Waals surface area contributed by atoms with Gasteiger partial charge in [-0.3, -0.25) is 4.79 Å². The Bertz CT molecular complexity index is 211. The lowest BCUT2D eigenvalue weighted by Crippen LogP contribution is -2.55. The van der Waals surface area contributed by atoms with Crippen molar-refractivity contribution in [2.24, 2.45) is 5.73 Å². The number of piperidine rings is 1. The first-order valence-electron chi connectivity index (χ1n) is 5.83. The molecule has 1 aliphatic heterocycles. The number of hydrogen-bond donors (Lipinski definition) is 2. The van der Waals surface area contributed by atoms with Crippen LogP contribution in [-0.4, -0.2) is 41.1 Å². The van der Waals surface area contributed by atoms with E-state index in [1.54, 1.807) is 0 Å². The smallest absolute Gasteiger partial charge is 0.323 e. The molecule has 4 heteroatoms. The summed E-state index contributed by atoms with van der Waals surface area (Å²) in [7, 11) is 0. The predicted molar refractivity (Wildman–Crippen MR) is 59.8 cm³/mol. The highest BCUT2D eigenvalue weighted by Crippen LogP contribution is 2.20. The van der Waals surface area contributed by atoms with Crippen LogP contribution in [0.1, 0.15) is 39.0 Å². The third kappa shape index (κ3) is 3.47. The van der Waals surface area contributed by atoms with Crippen LogP contribution in [0.2, 0.25) is 0 Å². The normalized spacial score (nSPS) is 21.5. The summed E-state index contributed by atoms with van der Waals surface area (Å²) >= 11 is 0. The van der Waals surface area contributed by atoms with E-state index >= 15 is 0 Å². The van der Waals surface area contributed by atoms with Crippen molar-refractivity contribution in [3.05, 3.63) is 0 Å². The van der Waals surface area contributed by atoms with Gasteiger partial charge in [-0.05, 0) is 25.8 Å². The third-order valence-electron chi connectivity index (χ3n) is 3.25. The zero-order valence-corrected chi connectivity index (χ0v) is 9.54. The molecule has 0 radical (unpaired) electrons. The molecule has 15 heavy (non-hydrogen) atoms. The van der Waals surface area contributed by atoms with Gasteiger partial charge < -0.3 is 15.7 Å². The van der Waals surface area contributed by atoms with Gasteiger partial charge in [0.25, 0.3) is 0 Å². The minimum atomic E-state index is -0.971. The van der Waals surface area contributed by atoms with Gasteiger partial charge in [0.1, 0.15) is 5.54 Å². The Morgan fingerprint density at radius 1 is 1.40 bits per heavy atom. The number of hydrogen-bond acceptors (Lipinski definition) is 3. The molecule has 0 aromatic rings. The molecule has 0 amide bonds. The van der Waals surface area contributed by atoms with E-state index in [-0.39, 0.29) is 0 Å². The molecule has 0 bridgehead atoms. The van der Waals surface area contributed by atoms with Crippen LogP contribution < -0.4 is 5.73 Å². The van der Waals surface area contributed by atoms with Crippen molar-refractivity contribution < 1.29 is 9.90 Å². The second-order valence-electron chi connectivity index (χ2n) is 4.51. The first kappa shape index (κ1) is 12.5. The molecular formula is C11H22N2O2. The SMILES string of the molecule is CCCCCN1CCC(N)(C(=O)O)CC1. The van der Waals surface area contributed by atoms with Gasteiger partial charge >= 0.3 is 5.97 Å². The fourth-order valence-corrected chi connectivity index (χ4v) is 1.97. The Kier molecular flexibility index (Phi) is 4.54. The number of likely N-dealkylation sites (tertiary alicyclic amines) is 1. The highest BCUT2D eigenvalue weighted by atomic mass is 16.4. The lowest BCUT2D eigenvalue weighted by Gasteiger charge is -2.36. The Balaban J connectivity index is 2.26. The monoisotopic (exact) mass is 214 g/mol. The standard InChI is InChI=1S/C11H22N2O2/c1-2-3-4-7-13-8-5-11(12,6-9-13)10(14)15/h2-9,12H2,1H3,(H,14,15). The van der Waals surface area contributed by atoms with Gasteiger partial charge in [0.05, 0.1) is 0 Å². The zero-order valence-electron chi connectivity index (χ0n) is 9.54. The summed E-state index contributed by atoms with van der Waals surface area (Å²) in [6.45, 7) is 4.92. The lowest BCUT2D eigenvalue weighted by molar-refractivity contribution is -0.145. The Morgan fingerprint density at radius 3 is 2.47 bits per heavy atom. The van der Waals surface area contributed by atoms with Gasteiger partial charge in [0.2, 0.25) is 0 Å². The highest BCUT2D eigenvalue weighted by Gasteiger charge is 2.37. The molecule has 4 nitrogen and oxygen atoms in total. The first-order valence-corrected chi connectivity index (χ1v) is 5.83. The molecule has 0 spiro atoms. The molecule has 3 N–H and O–H groups in total. The molecule has 0 atom stereocenters. The number of nitrogens with zero attached hydrogens (tertiary/aromatic N) is 1. The van der Waals surface area contributed by atoms with E-state index in [2.05, 4.69) is 11.8 Å².